The third-order valence-corrected chi connectivity index (χ3v) is 3.01. The van der Waals surface area contributed by atoms with Gasteiger partial charge in [-0.2, -0.15) is 0 Å². The third-order valence-electron chi connectivity index (χ3n) is 3.01. The Morgan fingerprint density at radius 3 is 2.53 bits per heavy atom. The lowest BCUT2D eigenvalue weighted by Gasteiger charge is -2.27. The van der Waals surface area contributed by atoms with Crippen LogP contribution in [0.2, 0.25) is 0 Å². The van der Waals surface area contributed by atoms with E-state index in [0.29, 0.717) is 12.6 Å². The summed E-state index contributed by atoms with van der Waals surface area (Å²) in [5.74, 6) is 0. The van der Waals surface area contributed by atoms with Gasteiger partial charge in [-0.3, -0.25) is 0 Å². The van der Waals surface area contributed by atoms with Crippen molar-refractivity contribution >= 4 is 11.8 Å². The van der Waals surface area contributed by atoms with Crippen molar-refractivity contribution in [2.75, 3.05) is 5.73 Å². The smallest absolute Gasteiger partial charge is 0.410 e. The molecule has 0 unspecified atom stereocenters. The molecule has 0 heterocycles. The van der Waals surface area contributed by atoms with E-state index in [1.54, 1.807) is 4.90 Å². The molecule has 1 aromatic carbocycles. The summed E-state index contributed by atoms with van der Waals surface area (Å²) in [6.45, 7) is 6.17. The second-order valence-corrected chi connectivity index (χ2v) is 6.04. The van der Waals surface area contributed by atoms with Gasteiger partial charge in [0.15, 0.2) is 0 Å². The number of hydrogen-bond donors (Lipinski definition) is 1. The zero-order chi connectivity index (χ0) is 14.0. The van der Waals surface area contributed by atoms with Gasteiger partial charge >= 0.3 is 6.09 Å². The first-order valence-corrected chi connectivity index (χ1v) is 6.70. The van der Waals surface area contributed by atoms with Gasteiger partial charge in [0.25, 0.3) is 0 Å². The monoisotopic (exact) mass is 262 g/mol. The molecule has 1 aliphatic rings. The van der Waals surface area contributed by atoms with E-state index < -0.39 is 5.60 Å². The summed E-state index contributed by atoms with van der Waals surface area (Å²) in [5, 5.41) is 0. The molecule has 104 valence electrons. The van der Waals surface area contributed by atoms with E-state index in [1.807, 2.05) is 45.0 Å². The Balaban J connectivity index is 2.09. The number of hydrogen-bond acceptors (Lipinski definition) is 3. The normalized spacial score (nSPS) is 15.1. The Hall–Kier alpha value is -1.71. The Bertz CT molecular complexity index is 461. The van der Waals surface area contributed by atoms with Crippen molar-refractivity contribution in [3.63, 3.8) is 0 Å². The summed E-state index contributed by atoms with van der Waals surface area (Å²) in [6, 6.07) is 7.94. The van der Waals surface area contributed by atoms with Gasteiger partial charge in [-0.05, 0) is 45.2 Å². The van der Waals surface area contributed by atoms with Crippen molar-refractivity contribution in [2.24, 2.45) is 0 Å². The Morgan fingerprint density at radius 2 is 2.00 bits per heavy atom. The van der Waals surface area contributed by atoms with Gasteiger partial charge in [0.2, 0.25) is 0 Å². The molecule has 0 radical (unpaired) electrons. The second-order valence-electron chi connectivity index (χ2n) is 6.04. The first kappa shape index (κ1) is 13.7. The lowest BCUT2D eigenvalue weighted by atomic mass is 10.1. The third kappa shape index (κ3) is 3.88. The highest BCUT2D eigenvalue weighted by Crippen LogP contribution is 2.30. The van der Waals surface area contributed by atoms with Gasteiger partial charge in [-0.25, -0.2) is 4.79 Å². The molecule has 0 aromatic heterocycles. The number of carbonyl (C=O) groups excluding carboxylic acids is 1. The van der Waals surface area contributed by atoms with Crippen LogP contribution in [0.4, 0.5) is 10.5 Å². The predicted octanol–water partition coefficient (Wildman–Crippen LogP) is 3.17. The van der Waals surface area contributed by atoms with Crippen LogP contribution in [0, 0.1) is 0 Å². The number of ether oxygens (including phenoxy) is 1. The number of benzene rings is 1. The summed E-state index contributed by atoms with van der Waals surface area (Å²) in [7, 11) is 0. The lowest BCUT2D eigenvalue weighted by Crippen LogP contribution is -2.38. The number of nitrogens with zero attached hydrogens (tertiary/aromatic N) is 1. The van der Waals surface area contributed by atoms with Gasteiger partial charge in [-0.1, -0.05) is 18.2 Å². The minimum Gasteiger partial charge on any atom is -0.444 e. The molecule has 4 heteroatoms. The number of carbonyl (C=O) groups is 1. The fraction of sp³-hybridized carbons (Fsp3) is 0.533. The molecule has 1 fully saturated rings. The van der Waals surface area contributed by atoms with Crippen molar-refractivity contribution in [1.82, 2.24) is 4.90 Å². The highest BCUT2D eigenvalue weighted by molar-refractivity contribution is 5.69. The molecule has 1 saturated carbocycles. The maximum atomic E-state index is 12.2. The highest BCUT2D eigenvalue weighted by Gasteiger charge is 2.35. The van der Waals surface area contributed by atoms with Gasteiger partial charge in [-0.15, -0.1) is 0 Å². The van der Waals surface area contributed by atoms with Crippen molar-refractivity contribution in [3.05, 3.63) is 29.8 Å². The minimum absolute atomic E-state index is 0.252. The van der Waals surface area contributed by atoms with Crippen LogP contribution in [0.3, 0.4) is 0 Å². The molecule has 1 aliphatic carbocycles. The molecular weight excluding hydrogens is 240 g/mol. The summed E-state index contributed by atoms with van der Waals surface area (Å²) in [6.07, 6.45) is 1.84. The fourth-order valence-electron chi connectivity index (χ4n) is 1.91. The molecule has 1 amide bonds. The van der Waals surface area contributed by atoms with E-state index >= 15 is 0 Å². The van der Waals surface area contributed by atoms with E-state index in [4.69, 9.17) is 10.5 Å². The molecule has 0 aliphatic heterocycles. The van der Waals surface area contributed by atoms with Crippen LogP contribution in [-0.2, 0) is 11.3 Å². The molecule has 4 nitrogen and oxygen atoms in total. The first-order valence-electron chi connectivity index (χ1n) is 6.70. The zero-order valence-electron chi connectivity index (χ0n) is 11.8. The molecule has 2 N–H and O–H groups in total. The van der Waals surface area contributed by atoms with E-state index in [0.717, 1.165) is 24.1 Å². The van der Waals surface area contributed by atoms with E-state index in [1.165, 1.54) is 0 Å². The van der Waals surface area contributed by atoms with Crippen LogP contribution in [0.15, 0.2) is 24.3 Å². The largest absolute Gasteiger partial charge is 0.444 e. The summed E-state index contributed by atoms with van der Waals surface area (Å²) in [4.78, 5) is 14.0. The van der Waals surface area contributed by atoms with E-state index in [2.05, 4.69) is 0 Å². The molecule has 2 rings (SSSR count). The van der Waals surface area contributed by atoms with Gasteiger partial charge < -0.3 is 15.4 Å². The molecule has 19 heavy (non-hydrogen) atoms. The van der Waals surface area contributed by atoms with Gasteiger partial charge in [0, 0.05) is 11.7 Å². The standard InChI is InChI=1S/C15H22N2O2/c1-15(2,3)19-14(18)17(12-8-9-12)10-11-6-4-5-7-13(11)16/h4-7,12H,8-10,16H2,1-3H3. The van der Waals surface area contributed by atoms with Crippen molar-refractivity contribution in [1.29, 1.82) is 0 Å². The molecule has 0 spiro atoms. The zero-order valence-corrected chi connectivity index (χ0v) is 11.8. The minimum atomic E-state index is -0.466. The maximum Gasteiger partial charge on any atom is 0.410 e. The first-order chi connectivity index (χ1) is 8.87. The predicted molar refractivity (Wildman–Crippen MR) is 75.7 cm³/mol. The average molecular weight is 262 g/mol. The Labute approximate surface area is 114 Å². The van der Waals surface area contributed by atoms with Crippen molar-refractivity contribution in [2.45, 2.75) is 51.8 Å². The molecule has 1 aromatic rings. The second kappa shape index (κ2) is 5.11. The lowest BCUT2D eigenvalue weighted by molar-refractivity contribution is 0.0217. The van der Waals surface area contributed by atoms with Gasteiger partial charge in [0.05, 0.1) is 6.54 Å². The van der Waals surface area contributed by atoms with Crippen molar-refractivity contribution in [3.8, 4) is 0 Å². The van der Waals surface area contributed by atoms with Gasteiger partial charge in [0.1, 0.15) is 5.60 Å². The van der Waals surface area contributed by atoms with Crippen LogP contribution < -0.4 is 5.73 Å². The maximum absolute atomic E-state index is 12.2. The SMILES string of the molecule is CC(C)(C)OC(=O)N(Cc1ccccc1N)C1CC1. The van der Waals surface area contributed by atoms with Crippen LogP contribution >= 0.6 is 0 Å². The summed E-state index contributed by atoms with van der Waals surface area (Å²) >= 11 is 0. The highest BCUT2D eigenvalue weighted by atomic mass is 16.6. The molecule has 0 saturated heterocycles. The van der Waals surface area contributed by atoms with Crippen molar-refractivity contribution < 1.29 is 9.53 Å². The van der Waals surface area contributed by atoms with E-state index in [-0.39, 0.29) is 6.09 Å². The number of rotatable bonds is 3. The Kier molecular flexibility index (Phi) is 3.69. The summed E-state index contributed by atoms with van der Waals surface area (Å²) < 4.78 is 5.46. The number of anilines is 1. The van der Waals surface area contributed by atoms with Crippen LogP contribution in [0.1, 0.15) is 39.2 Å². The topological polar surface area (TPSA) is 55.6 Å². The molecular formula is C15H22N2O2. The number of para-hydroxylation sites is 1. The van der Waals surface area contributed by atoms with Crippen LogP contribution in [0.25, 0.3) is 0 Å². The average Bonchev–Trinajstić information content (AvgIpc) is 3.09. The Morgan fingerprint density at radius 1 is 1.37 bits per heavy atom. The van der Waals surface area contributed by atoms with Crippen LogP contribution in [-0.4, -0.2) is 22.6 Å². The van der Waals surface area contributed by atoms with Crippen LogP contribution in [0.5, 0.6) is 0 Å². The quantitative estimate of drug-likeness (QED) is 0.851. The fourth-order valence-corrected chi connectivity index (χ4v) is 1.91. The number of nitrogens with two attached hydrogens (primary N) is 1. The molecule has 0 atom stereocenters. The van der Waals surface area contributed by atoms with E-state index in [9.17, 15) is 4.79 Å². The number of nitrogen functional groups attached to an aromatic ring is 1. The number of amides is 1. The molecule has 0 bridgehead atoms. The summed E-state index contributed by atoms with van der Waals surface area (Å²) in [5.41, 5.74) is 7.16.